The van der Waals surface area contributed by atoms with Gasteiger partial charge in [-0.2, -0.15) is 0 Å². The number of rotatable bonds is 5. The van der Waals surface area contributed by atoms with Gasteiger partial charge in [-0.1, -0.05) is 23.2 Å². The van der Waals surface area contributed by atoms with Gasteiger partial charge in [0.1, 0.15) is 18.2 Å². The summed E-state index contributed by atoms with van der Waals surface area (Å²) in [4.78, 5) is 21.8. The maximum atomic E-state index is 12.2. The average molecular weight is 368 g/mol. The maximum Gasteiger partial charge on any atom is 0.260 e. The predicted molar refractivity (Wildman–Crippen MR) is 89.6 cm³/mol. The molecule has 3 rings (SSSR count). The summed E-state index contributed by atoms with van der Waals surface area (Å²) in [7, 11) is 0. The lowest BCUT2D eigenvalue weighted by Gasteiger charge is -2.17. The molecule has 1 amide bonds. The first-order chi connectivity index (χ1) is 11.6. The molecule has 6 nitrogen and oxygen atoms in total. The lowest BCUT2D eigenvalue weighted by molar-refractivity contribution is -0.132. The molecule has 2 aromatic rings. The largest absolute Gasteiger partial charge is 0.482 e. The second kappa shape index (κ2) is 7.68. The predicted octanol–water partition coefficient (Wildman–Crippen LogP) is 2.84. The minimum atomic E-state index is -0.116. The van der Waals surface area contributed by atoms with Crippen LogP contribution in [0.25, 0.3) is 0 Å². The van der Waals surface area contributed by atoms with Crippen molar-refractivity contribution in [2.24, 2.45) is 0 Å². The van der Waals surface area contributed by atoms with Gasteiger partial charge in [0.2, 0.25) is 5.88 Å². The molecule has 1 aromatic carbocycles. The van der Waals surface area contributed by atoms with E-state index in [4.69, 9.17) is 32.7 Å². The number of aromatic nitrogens is 2. The number of hydrogen-bond donors (Lipinski definition) is 0. The molecule has 0 aliphatic carbocycles. The Kier molecular flexibility index (Phi) is 5.37. The van der Waals surface area contributed by atoms with Crippen LogP contribution in [0.15, 0.2) is 36.8 Å². The Morgan fingerprint density at radius 3 is 2.96 bits per heavy atom. The van der Waals surface area contributed by atoms with E-state index >= 15 is 0 Å². The zero-order chi connectivity index (χ0) is 16.9. The number of amides is 1. The van der Waals surface area contributed by atoms with Crippen molar-refractivity contribution >= 4 is 29.1 Å². The Bertz CT molecular complexity index is 715. The smallest absolute Gasteiger partial charge is 0.260 e. The van der Waals surface area contributed by atoms with Crippen LogP contribution in [0.4, 0.5) is 0 Å². The number of carbonyl (C=O) groups excluding carboxylic acids is 1. The highest BCUT2D eigenvalue weighted by Gasteiger charge is 2.28. The summed E-state index contributed by atoms with van der Waals surface area (Å²) in [5.41, 5.74) is 0. The minimum Gasteiger partial charge on any atom is -0.482 e. The van der Waals surface area contributed by atoms with Gasteiger partial charge in [-0.05, 0) is 18.2 Å². The van der Waals surface area contributed by atoms with E-state index in [0.717, 1.165) is 6.42 Å². The fraction of sp³-hybridized carbons (Fsp3) is 0.312. The normalized spacial score (nSPS) is 16.9. The Morgan fingerprint density at radius 1 is 1.33 bits per heavy atom. The van der Waals surface area contributed by atoms with E-state index in [1.807, 2.05) is 0 Å². The van der Waals surface area contributed by atoms with Gasteiger partial charge in [0.05, 0.1) is 11.6 Å². The molecule has 126 valence electrons. The van der Waals surface area contributed by atoms with Gasteiger partial charge >= 0.3 is 0 Å². The highest BCUT2D eigenvalue weighted by molar-refractivity contribution is 6.35. The fourth-order valence-corrected chi connectivity index (χ4v) is 2.86. The lowest BCUT2D eigenvalue weighted by Crippen LogP contribution is -2.34. The number of ether oxygens (including phenoxy) is 2. The molecule has 24 heavy (non-hydrogen) atoms. The van der Waals surface area contributed by atoms with Crippen molar-refractivity contribution in [2.45, 2.75) is 12.5 Å². The van der Waals surface area contributed by atoms with Gasteiger partial charge < -0.3 is 14.4 Å². The maximum absolute atomic E-state index is 12.2. The third-order valence-electron chi connectivity index (χ3n) is 3.59. The van der Waals surface area contributed by atoms with Crippen LogP contribution in [0.1, 0.15) is 6.42 Å². The first-order valence-electron chi connectivity index (χ1n) is 7.40. The molecule has 0 spiro atoms. The molecule has 1 aliphatic heterocycles. The van der Waals surface area contributed by atoms with Gasteiger partial charge in [0, 0.05) is 30.3 Å². The zero-order valence-corrected chi connectivity index (χ0v) is 14.2. The standard InChI is InChI=1S/C16H15Cl2N3O3/c17-11-1-2-14(13(18)7-11)23-9-16(22)21-6-4-12(8-21)24-15-3-5-19-10-20-15/h1-3,5,7,10,12H,4,6,8-9H2/t12-/m1/s1. The first-order valence-corrected chi connectivity index (χ1v) is 8.16. The Balaban J connectivity index is 1.49. The molecular formula is C16H15Cl2N3O3. The molecule has 0 bridgehead atoms. The summed E-state index contributed by atoms with van der Waals surface area (Å²) in [6, 6.07) is 6.57. The summed E-state index contributed by atoms with van der Waals surface area (Å²) in [6.07, 6.45) is 3.71. The van der Waals surface area contributed by atoms with Crippen LogP contribution < -0.4 is 9.47 Å². The monoisotopic (exact) mass is 367 g/mol. The molecule has 2 heterocycles. The first kappa shape index (κ1) is 16.8. The molecule has 1 saturated heterocycles. The number of hydrogen-bond acceptors (Lipinski definition) is 5. The van der Waals surface area contributed by atoms with Crippen LogP contribution in [0, 0.1) is 0 Å². The van der Waals surface area contributed by atoms with Gasteiger partial charge in [-0.15, -0.1) is 0 Å². The molecule has 1 aliphatic rings. The number of likely N-dealkylation sites (tertiary alicyclic amines) is 1. The molecule has 1 atom stereocenters. The lowest BCUT2D eigenvalue weighted by atomic mass is 10.3. The molecular weight excluding hydrogens is 353 g/mol. The zero-order valence-electron chi connectivity index (χ0n) is 12.7. The van der Waals surface area contributed by atoms with E-state index in [9.17, 15) is 4.79 Å². The molecule has 0 unspecified atom stereocenters. The number of nitrogens with zero attached hydrogens (tertiary/aromatic N) is 3. The van der Waals surface area contributed by atoms with Gasteiger partial charge in [0.15, 0.2) is 6.61 Å². The molecule has 8 heteroatoms. The molecule has 0 radical (unpaired) electrons. The van der Waals surface area contributed by atoms with Crippen LogP contribution in [0.2, 0.25) is 10.0 Å². The Hall–Kier alpha value is -2.05. The average Bonchev–Trinajstić information content (AvgIpc) is 3.03. The van der Waals surface area contributed by atoms with Crippen molar-refractivity contribution < 1.29 is 14.3 Å². The van der Waals surface area contributed by atoms with E-state index in [0.29, 0.717) is 34.8 Å². The second-order valence-corrected chi connectivity index (χ2v) is 6.12. The van der Waals surface area contributed by atoms with Crippen molar-refractivity contribution in [3.63, 3.8) is 0 Å². The van der Waals surface area contributed by atoms with E-state index < -0.39 is 0 Å². The fourth-order valence-electron chi connectivity index (χ4n) is 2.39. The Labute approximate surface area is 149 Å². The van der Waals surface area contributed by atoms with Crippen molar-refractivity contribution in [2.75, 3.05) is 19.7 Å². The summed E-state index contributed by atoms with van der Waals surface area (Å²) < 4.78 is 11.2. The Morgan fingerprint density at radius 2 is 2.21 bits per heavy atom. The highest BCUT2D eigenvalue weighted by atomic mass is 35.5. The van der Waals surface area contributed by atoms with E-state index in [1.165, 1.54) is 6.33 Å². The quantitative estimate of drug-likeness (QED) is 0.812. The van der Waals surface area contributed by atoms with Crippen LogP contribution in [-0.2, 0) is 4.79 Å². The van der Waals surface area contributed by atoms with Crippen molar-refractivity contribution in [3.05, 3.63) is 46.8 Å². The van der Waals surface area contributed by atoms with Crippen molar-refractivity contribution in [3.8, 4) is 11.6 Å². The minimum absolute atomic E-state index is 0.0806. The molecule has 1 fully saturated rings. The van der Waals surface area contributed by atoms with E-state index in [1.54, 1.807) is 35.4 Å². The third kappa shape index (κ3) is 4.27. The SMILES string of the molecule is O=C(COc1ccc(Cl)cc1Cl)N1CC[C@@H](Oc2ccncn2)C1. The topological polar surface area (TPSA) is 64.5 Å². The van der Waals surface area contributed by atoms with Crippen LogP contribution >= 0.6 is 23.2 Å². The summed E-state index contributed by atoms with van der Waals surface area (Å²) in [6.45, 7) is 1.04. The van der Waals surface area contributed by atoms with Gasteiger partial charge in [-0.3, -0.25) is 4.79 Å². The second-order valence-electron chi connectivity index (χ2n) is 5.28. The highest BCUT2D eigenvalue weighted by Crippen LogP contribution is 2.27. The molecule has 0 saturated carbocycles. The number of carbonyl (C=O) groups is 1. The van der Waals surface area contributed by atoms with Crippen LogP contribution in [0.3, 0.4) is 0 Å². The third-order valence-corrected chi connectivity index (χ3v) is 4.12. The van der Waals surface area contributed by atoms with Crippen LogP contribution in [0.5, 0.6) is 11.6 Å². The van der Waals surface area contributed by atoms with Gasteiger partial charge in [-0.25, -0.2) is 9.97 Å². The summed E-state index contributed by atoms with van der Waals surface area (Å²) >= 11 is 11.8. The number of benzene rings is 1. The summed E-state index contributed by atoms with van der Waals surface area (Å²) in [5, 5.41) is 0.893. The number of halogens is 2. The molecule has 0 N–H and O–H groups in total. The van der Waals surface area contributed by atoms with Crippen molar-refractivity contribution in [1.29, 1.82) is 0 Å². The summed E-state index contributed by atoms with van der Waals surface area (Å²) in [5.74, 6) is 0.825. The van der Waals surface area contributed by atoms with E-state index in [-0.39, 0.29) is 18.6 Å². The van der Waals surface area contributed by atoms with Gasteiger partial charge in [0.25, 0.3) is 5.91 Å². The van der Waals surface area contributed by atoms with Crippen LogP contribution in [-0.4, -0.2) is 46.6 Å². The molecule has 1 aromatic heterocycles. The van der Waals surface area contributed by atoms with E-state index in [2.05, 4.69) is 9.97 Å². The van der Waals surface area contributed by atoms with Crippen molar-refractivity contribution in [1.82, 2.24) is 14.9 Å².